The normalized spacial score (nSPS) is 19.6. The first-order valence-electron chi connectivity index (χ1n) is 10.4. The van der Waals surface area contributed by atoms with Crippen molar-refractivity contribution in [1.29, 1.82) is 0 Å². The number of aromatic carboxylic acids is 1. The van der Waals surface area contributed by atoms with Gasteiger partial charge in [-0.2, -0.15) is 11.8 Å². The van der Waals surface area contributed by atoms with E-state index in [-0.39, 0.29) is 40.0 Å². The third kappa shape index (κ3) is 6.24. The Kier molecular flexibility index (Phi) is 8.24. The minimum atomic E-state index is -1.19. The number of carbonyl (C=O) groups excluding carboxylic acids is 1. The number of carboxylic acid groups (broad SMARTS) is 1. The molecule has 0 aliphatic carbocycles. The van der Waals surface area contributed by atoms with Gasteiger partial charge in [0.25, 0.3) is 0 Å². The van der Waals surface area contributed by atoms with Crippen LogP contribution < -0.4 is 15.0 Å². The average Bonchev–Trinajstić information content (AvgIpc) is 2.73. The maximum Gasteiger partial charge on any atom is 0.410 e. The van der Waals surface area contributed by atoms with Gasteiger partial charge >= 0.3 is 12.1 Å². The second kappa shape index (κ2) is 10.5. The summed E-state index contributed by atoms with van der Waals surface area (Å²) in [5.74, 6) is 0.789. The van der Waals surface area contributed by atoms with E-state index in [2.05, 4.69) is 10.3 Å². The van der Waals surface area contributed by atoms with E-state index in [0.29, 0.717) is 32.7 Å². The van der Waals surface area contributed by atoms with Gasteiger partial charge in [0.15, 0.2) is 10.9 Å². The molecule has 0 saturated carbocycles. The monoisotopic (exact) mass is 506 g/mol. The van der Waals surface area contributed by atoms with Crippen LogP contribution in [0.3, 0.4) is 0 Å². The van der Waals surface area contributed by atoms with E-state index >= 15 is 0 Å². The van der Waals surface area contributed by atoms with Crippen LogP contribution >= 0.6 is 35.0 Å². The smallest absolute Gasteiger partial charge is 0.410 e. The molecular formula is C20H28Cl2N4O5S. The van der Waals surface area contributed by atoms with Crippen LogP contribution in [0.2, 0.25) is 10.2 Å². The molecule has 2 fully saturated rings. The number of amides is 1. The van der Waals surface area contributed by atoms with Crippen LogP contribution in [0.5, 0.6) is 5.75 Å². The van der Waals surface area contributed by atoms with Gasteiger partial charge in [0.05, 0.1) is 6.04 Å². The molecule has 0 radical (unpaired) electrons. The Labute approximate surface area is 201 Å². The Balaban J connectivity index is 1.77. The highest BCUT2D eigenvalue weighted by atomic mass is 35.5. The van der Waals surface area contributed by atoms with Crippen molar-refractivity contribution in [2.24, 2.45) is 0 Å². The Morgan fingerprint density at radius 2 is 1.94 bits per heavy atom. The zero-order valence-corrected chi connectivity index (χ0v) is 20.6. The molecule has 2 N–H and O–H groups in total. The fourth-order valence-corrected chi connectivity index (χ4v) is 4.71. The Morgan fingerprint density at radius 3 is 2.56 bits per heavy atom. The van der Waals surface area contributed by atoms with Gasteiger partial charge in [-0.05, 0) is 20.8 Å². The van der Waals surface area contributed by atoms with Gasteiger partial charge in [0, 0.05) is 44.2 Å². The molecule has 2 aliphatic rings. The maximum atomic E-state index is 12.4. The maximum absolute atomic E-state index is 12.4. The van der Waals surface area contributed by atoms with Crippen LogP contribution in [0.1, 0.15) is 31.1 Å². The van der Waals surface area contributed by atoms with Crippen molar-refractivity contribution >= 4 is 52.8 Å². The molecule has 32 heavy (non-hydrogen) atoms. The van der Waals surface area contributed by atoms with E-state index in [1.165, 1.54) is 0 Å². The molecule has 178 valence electrons. The number of thioether (sulfide) groups is 1. The number of carboxylic acids is 1. The number of ether oxygens (including phenoxy) is 2. The van der Waals surface area contributed by atoms with Crippen molar-refractivity contribution in [3.63, 3.8) is 0 Å². The SMILES string of the molecule is CC(C)(C)OC(=O)N1CCN[C@@H](COc2c(Cl)c(Cl)nc(N3CCSCC3)c2C(=O)O)C1. The third-order valence-electron chi connectivity index (χ3n) is 4.90. The lowest BCUT2D eigenvalue weighted by Gasteiger charge is -2.35. The number of hydrogen-bond acceptors (Lipinski definition) is 8. The van der Waals surface area contributed by atoms with Crippen molar-refractivity contribution in [3.05, 3.63) is 15.7 Å². The van der Waals surface area contributed by atoms with E-state index in [1.807, 2.05) is 25.7 Å². The van der Waals surface area contributed by atoms with E-state index in [1.54, 1.807) is 16.7 Å². The fraction of sp³-hybridized carbons (Fsp3) is 0.650. The lowest BCUT2D eigenvalue weighted by Crippen LogP contribution is -2.55. The zero-order chi connectivity index (χ0) is 23.5. The predicted molar refractivity (Wildman–Crippen MR) is 126 cm³/mol. The van der Waals surface area contributed by atoms with Crippen molar-refractivity contribution in [1.82, 2.24) is 15.2 Å². The first kappa shape index (κ1) is 25.0. The minimum Gasteiger partial charge on any atom is -0.489 e. The number of halogens is 2. The highest BCUT2D eigenvalue weighted by Crippen LogP contribution is 2.39. The summed E-state index contributed by atoms with van der Waals surface area (Å²) in [4.78, 5) is 32.3. The average molecular weight is 507 g/mol. The minimum absolute atomic E-state index is 0.00752. The van der Waals surface area contributed by atoms with Gasteiger partial charge in [-0.3, -0.25) is 0 Å². The van der Waals surface area contributed by atoms with Gasteiger partial charge in [-0.25, -0.2) is 14.6 Å². The number of carbonyl (C=O) groups is 2. The summed E-state index contributed by atoms with van der Waals surface area (Å²) in [6, 6.07) is -0.240. The van der Waals surface area contributed by atoms with E-state index < -0.39 is 17.7 Å². The standard InChI is InChI=1S/C20H28Cl2N4O5S/c1-20(2,3)31-19(29)26-5-4-23-12(10-26)11-30-15-13(18(27)28)17(24-16(22)14(15)21)25-6-8-32-9-7-25/h12,23H,4-11H2,1-3H3,(H,27,28)/t12-/m1/s1. The molecule has 1 atom stereocenters. The highest BCUT2D eigenvalue weighted by Gasteiger charge is 2.31. The molecule has 2 saturated heterocycles. The fourth-order valence-electron chi connectivity index (χ4n) is 3.45. The molecule has 0 aromatic carbocycles. The quantitative estimate of drug-likeness (QED) is 0.582. The van der Waals surface area contributed by atoms with Crippen molar-refractivity contribution in [2.75, 3.05) is 55.7 Å². The number of anilines is 1. The van der Waals surface area contributed by atoms with Crippen molar-refractivity contribution < 1.29 is 24.2 Å². The Bertz CT molecular complexity index is 861. The first-order valence-corrected chi connectivity index (χ1v) is 12.3. The number of rotatable bonds is 5. The molecule has 3 heterocycles. The summed E-state index contributed by atoms with van der Waals surface area (Å²) in [5.41, 5.74) is -0.694. The third-order valence-corrected chi connectivity index (χ3v) is 6.56. The van der Waals surface area contributed by atoms with Crippen LogP contribution in [-0.4, -0.2) is 89.5 Å². The summed E-state index contributed by atoms with van der Waals surface area (Å²) in [5, 5.41) is 13.1. The second-order valence-corrected chi connectivity index (χ2v) is 10.5. The number of hydrogen-bond donors (Lipinski definition) is 2. The molecule has 1 aromatic heterocycles. The second-order valence-electron chi connectivity index (χ2n) is 8.54. The van der Waals surface area contributed by atoms with Crippen molar-refractivity contribution in [2.45, 2.75) is 32.4 Å². The predicted octanol–water partition coefficient (Wildman–Crippen LogP) is 3.23. The molecule has 3 rings (SSSR count). The zero-order valence-electron chi connectivity index (χ0n) is 18.3. The van der Waals surface area contributed by atoms with Gasteiger partial charge in [-0.1, -0.05) is 23.2 Å². The van der Waals surface area contributed by atoms with Gasteiger partial charge in [0.2, 0.25) is 0 Å². The van der Waals surface area contributed by atoms with Gasteiger partial charge in [0.1, 0.15) is 28.6 Å². The number of piperazine rings is 1. The highest BCUT2D eigenvalue weighted by molar-refractivity contribution is 7.99. The summed E-state index contributed by atoms with van der Waals surface area (Å²) in [7, 11) is 0. The summed E-state index contributed by atoms with van der Waals surface area (Å²) in [6.07, 6.45) is -0.398. The lowest BCUT2D eigenvalue weighted by molar-refractivity contribution is 0.0178. The van der Waals surface area contributed by atoms with Crippen molar-refractivity contribution in [3.8, 4) is 5.75 Å². The van der Waals surface area contributed by atoms with Crippen LogP contribution in [0.25, 0.3) is 0 Å². The molecule has 0 bridgehead atoms. The van der Waals surface area contributed by atoms with Gasteiger partial charge < -0.3 is 29.7 Å². The molecule has 9 nitrogen and oxygen atoms in total. The van der Waals surface area contributed by atoms with E-state index in [4.69, 9.17) is 32.7 Å². The summed E-state index contributed by atoms with van der Waals surface area (Å²) >= 11 is 14.3. The summed E-state index contributed by atoms with van der Waals surface area (Å²) in [6.45, 7) is 8.26. The molecule has 0 spiro atoms. The molecular weight excluding hydrogens is 479 g/mol. The number of pyridine rings is 1. The molecule has 0 unspecified atom stereocenters. The molecule has 1 amide bonds. The first-order chi connectivity index (χ1) is 15.1. The van der Waals surface area contributed by atoms with Crippen LogP contribution in [0.4, 0.5) is 10.6 Å². The van der Waals surface area contributed by atoms with Crippen LogP contribution in [0.15, 0.2) is 0 Å². The lowest BCUT2D eigenvalue weighted by atomic mass is 10.2. The molecule has 12 heteroatoms. The Morgan fingerprint density at radius 1 is 1.25 bits per heavy atom. The van der Waals surface area contributed by atoms with Crippen LogP contribution in [-0.2, 0) is 4.74 Å². The number of nitrogens with one attached hydrogen (secondary N) is 1. The Hall–Kier alpha value is -1.62. The topological polar surface area (TPSA) is 104 Å². The number of aromatic nitrogens is 1. The van der Waals surface area contributed by atoms with Gasteiger partial charge in [-0.15, -0.1) is 0 Å². The van der Waals surface area contributed by atoms with E-state index in [9.17, 15) is 14.7 Å². The summed E-state index contributed by atoms with van der Waals surface area (Å²) < 4.78 is 11.3. The molecule has 1 aromatic rings. The molecule has 2 aliphatic heterocycles. The largest absolute Gasteiger partial charge is 0.489 e. The number of nitrogens with zero attached hydrogens (tertiary/aromatic N) is 3. The van der Waals surface area contributed by atoms with Crippen LogP contribution in [0, 0.1) is 0 Å². The van der Waals surface area contributed by atoms with E-state index in [0.717, 1.165) is 11.5 Å².